The Bertz CT molecular complexity index is 1790. The second-order valence-electron chi connectivity index (χ2n) is 9.48. The Labute approximate surface area is 229 Å². The Morgan fingerprint density at radius 1 is 1.00 bits per heavy atom. The van der Waals surface area contributed by atoms with Crippen LogP contribution in [-0.2, 0) is 11.2 Å². The molecule has 7 nitrogen and oxygen atoms in total. The van der Waals surface area contributed by atoms with Gasteiger partial charge in [-0.15, -0.1) is 0 Å². The Morgan fingerprint density at radius 3 is 2.64 bits per heavy atom. The summed E-state index contributed by atoms with van der Waals surface area (Å²) in [6.07, 6.45) is 6.53. The number of hydrogen-bond donors (Lipinski definition) is 2. The van der Waals surface area contributed by atoms with Crippen molar-refractivity contribution in [1.82, 2.24) is 20.3 Å². The number of pyridine rings is 1. The van der Waals surface area contributed by atoms with Crippen LogP contribution >= 0.6 is 11.6 Å². The molecule has 5 aromatic rings. The summed E-state index contributed by atoms with van der Waals surface area (Å²) < 4.78 is 0. The molecule has 3 heterocycles. The van der Waals surface area contributed by atoms with Crippen molar-refractivity contribution in [3.63, 3.8) is 0 Å². The number of H-pyrrole nitrogens is 1. The number of carbonyl (C=O) groups is 2. The zero-order valence-corrected chi connectivity index (χ0v) is 21.7. The van der Waals surface area contributed by atoms with Crippen LogP contribution in [0.5, 0.6) is 0 Å². The van der Waals surface area contributed by atoms with Crippen molar-refractivity contribution in [2.45, 2.75) is 25.3 Å². The molecule has 0 fully saturated rings. The summed E-state index contributed by atoms with van der Waals surface area (Å²) in [5, 5.41) is 5.61. The monoisotopic (exact) mass is 533 g/mol. The standard InChI is InChI=1S/C31H24ClN5O2/c32-24-10-4-3-7-20(24)15-27(29(38)17-23-9-5-13-33-23)37-31(39)21-11-12-25-26(16-21)36-30(35-25)28-14-19-6-1-2-8-22(19)18-34-28/h1-8,10-14,16,18,27H,9,15,17H2,(H,35,36)(H,37,39)/t27-/m0/s1. The molecule has 0 aliphatic carbocycles. The van der Waals surface area contributed by atoms with Crippen molar-refractivity contribution in [2.24, 2.45) is 4.99 Å². The largest absolute Gasteiger partial charge is 0.342 e. The van der Waals surface area contributed by atoms with Crippen molar-refractivity contribution in [3.05, 3.63) is 107 Å². The molecule has 0 unspecified atom stereocenters. The number of halogens is 1. The summed E-state index contributed by atoms with van der Waals surface area (Å²) in [7, 11) is 0. The fraction of sp³-hybridized carbons (Fsp3) is 0.129. The van der Waals surface area contributed by atoms with E-state index in [0.29, 0.717) is 39.6 Å². The summed E-state index contributed by atoms with van der Waals surface area (Å²) in [5.74, 6) is 0.151. The number of rotatable bonds is 8. The van der Waals surface area contributed by atoms with Crippen LogP contribution < -0.4 is 5.32 Å². The van der Waals surface area contributed by atoms with Gasteiger partial charge in [-0.2, -0.15) is 0 Å². The number of carbonyl (C=O) groups excluding carboxylic acids is 2. The quantitative estimate of drug-likeness (QED) is 0.252. The first-order valence-corrected chi connectivity index (χ1v) is 13.0. The van der Waals surface area contributed by atoms with Crippen LogP contribution in [0.4, 0.5) is 0 Å². The number of ketones is 1. The lowest BCUT2D eigenvalue weighted by molar-refractivity contribution is -0.119. The molecular weight excluding hydrogens is 510 g/mol. The van der Waals surface area contributed by atoms with E-state index in [2.05, 4.69) is 25.3 Å². The number of benzene rings is 3. The Hall–Kier alpha value is -4.62. The first kappa shape index (κ1) is 24.7. The summed E-state index contributed by atoms with van der Waals surface area (Å²) in [5.41, 5.74) is 4.12. The van der Waals surface area contributed by atoms with Crippen molar-refractivity contribution in [1.29, 1.82) is 0 Å². The molecule has 0 saturated carbocycles. The molecular formula is C31H24ClN5O2. The maximum absolute atomic E-state index is 13.4. The Balaban J connectivity index is 1.25. The van der Waals surface area contributed by atoms with E-state index in [0.717, 1.165) is 22.0 Å². The number of aromatic nitrogens is 3. The van der Waals surface area contributed by atoms with E-state index >= 15 is 0 Å². The molecule has 39 heavy (non-hydrogen) atoms. The number of Topliss-reactive ketones (excluding diaryl/α,β-unsaturated/α-hetero) is 1. The predicted molar refractivity (Wildman–Crippen MR) is 154 cm³/mol. The molecule has 1 aliphatic rings. The zero-order chi connectivity index (χ0) is 26.8. The lowest BCUT2D eigenvalue weighted by Gasteiger charge is -2.19. The van der Waals surface area contributed by atoms with Crippen molar-refractivity contribution >= 4 is 50.8 Å². The molecule has 2 aromatic heterocycles. The van der Waals surface area contributed by atoms with Gasteiger partial charge in [0.05, 0.1) is 17.1 Å². The minimum Gasteiger partial charge on any atom is -0.342 e. The number of amides is 1. The molecule has 1 aliphatic heterocycles. The van der Waals surface area contributed by atoms with E-state index in [9.17, 15) is 9.59 Å². The van der Waals surface area contributed by atoms with Gasteiger partial charge in [-0.05, 0) is 41.3 Å². The van der Waals surface area contributed by atoms with E-state index in [-0.39, 0.29) is 24.5 Å². The second kappa shape index (κ2) is 10.6. The highest BCUT2D eigenvalue weighted by molar-refractivity contribution is 6.31. The van der Waals surface area contributed by atoms with E-state index in [4.69, 9.17) is 11.6 Å². The van der Waals surface area contributed by atoms with Gasteiger partial charge in [0.25, 0.3) is 5.91 Å². The Kier molecular flexibility index (Phi) is 6.73. The zero-order valence-electron chi connectivity index (χ0n) is 20.9. The van der Waals surface area contributed by atoms with Crippen LogP contribution in [0.25, 0.3) is 33.3 Å². The van der Waals surface area contributed by atoms with Gasteiger partial charge >= 0.3 is 0 Å². The van der Waals surface area contributed by atoms with Gasteiger partial charge in [-0.25, -0.2) is 4.98 Å². The van der Waals surface area contributed by atoms with Crippen LogP contribution in [0.1, 0.15) is 28.8 Å². The molecule has 8 heteroatoms. The minimum atomic E-state index is -0.754. The van der Waals surface area contributed by atoms with Gasteiger partial charge in [0, 0.05) is 53.3 Å². The highest BCUT2D eigenvalue weighted by Crippen LogP contribution is 2.24. The summed E-state index contributed by atoms with van der Waals surface area (Å²) in [6, 6.07) is 21.8. The number of fused-ring (bicyclic) bond motifs is 2. The van der Waals surface area contributed by atoms with Crippen LogP contribution in [0.2, 0.25) is 5.02 Å². The molecule has 0 radical (unpaired) electrons. The van der Waals surface area contributed by atoms with Crippen LogP contribution in [0, 0.1) is 0 Å². The number of aliphatic imine (C=N–C) groups is 1. The molecule has 1 atom stereocenters. The smallest absolute Gasteiger partial charge is 0.251 e. The maximum Gasteiger partial charge on any atom is 0.251 e. The molecule has 0 spiro atoms. The van der Waals surface area contributed by atoms with Crippen LogP contribution in [0.15, 0.2) is 96.3 Å². The topological polar surface area (TPSA) is 100 Å². The number of allylic oxidation sites excluding steroid dienone is 1. The lowest BCUT2D eigenvalue weighted by atomic mass is 9.98. The summed E-state index contributed by atoms with van der Waals surface area (Å²) in [6.45, 7) is 0. The van der Waals surface area contributed by atoms with Crippen LogP contribution in [-0.4, -0.2) is 38.4 Å². The van der Waals surface area contributed by atoms with Gasteiger partial charge in [0.2, 0.25) is 0 Å². The highest BCUT2D eigenvalue weighted by atomic mass is 35.5. The third-order valence-electron chi connectivity index (χ3n) is 6.79. The first-order chi connectivity index (χ1) is 19.0. The average Bonchev–Trinajstić information content (AvgIpc) is 3.63. The van der Waals surface area contributed by atoms with Crippen molar-refractivity contribution in [3.8, 4) is 11.5 Å². The molecule has 0 bridgehead atoms. The van der Waals surface area contributed by atoms with Crippen LogP contribution in [0.3, 0.4) is 0 Å². The molecule has 3 aromatic carbocycles. The number of nitrogens with zero attached hydrogens (tertiary/aromatic N) is 3. The fourth-order valence-electron chi connectivity index (χ4n) is 4.70. The summed E-state index contributed by atoms with van der Waals surface area (Å²) >= 11 is 6.37. The number of hydrogen-bond acceptors (Lipinski definition) is 5. The second-order valence-corrected chi connectivity index (χ2v) is 9.89. The normalized spacial score (nSPS) is 13.5. The van der Waals surface area contributed by atoms with E-state index in [1.54, 1.807) is 30.5 Å². The average molecular weight is 534 g/mol. The van der Waals surface area contributed by atoms with E-state index < -0.39 is 6.04 Å². The maximum atomic E-state index is 13.4. The molecule has 2 N–H and O–H groups in total. The van der Waals surface area contributed by atoms with E-state index in [1.807, 2.05) is 60.8 Å². The van der Waals surface area contributed by atoms with Gasteiger partial charge < -0.3 is 10.3 Å². The minimum absolute atomic E-state index is 0.113. The number of imidazole rings is 1. The third-order valence-corrected chi connectivity index (χ3v) is 7.16. The van der Waals surface area contributed by atoms with Gasteiger partial charge in [0.15, 0.2) is 11.6 Å². The lowest BCUT2D eigenvalue weighted by Crippen LogP contribution is -2.43. The van der Waals surface area contributed by atoms with E-state index in [1.165, 1.54) is 0 Å². The number of aromatic amines is 1. The van der Waals surface area contributed by atoms with Crippen molar-refractivity contribution < 1.29 is 9.59 Å². The third kappa shape index (κ3) is 5.35. The first-order valence-electron chi connectivity index (χ1n) is 12.7. The molecule has 0 saturated heterocycles. The molecule has 192 valence electrons. The van der Waals surface area contributed by atoms with Gasteiger partial charge in [-0.3, -0.25) is 19.6 Å². The highest BCUT2D eigenvalue weighted by Gasteiger charge is 2.24. The SMILES string of the molecule is O=C(N[C@@H](Cc1ccccc1Cl)C(=O)CC1=NC=CC1)c1ccc2nc(-c3cc4ccccc4cn3)[nH]c2c1. The van der Waals surface area contributed by atoms with Gasteiger partial charge in [0.1, 0.15) is 5.69 Å². The molecule has 1 amide bonds. The number of nitrogens with one attached hydrogen (secondary N) is 2. The Morgan fingerprint density at radius 2 is 1.82 bits per heavy atom. The fourth-order valence-corrected chi connectivity index (χ4v) is 4.91. The van der Waals surface area contributed by atoms with Gasteiger partial charge in [-0.1, -0.05) is 60.1 Å². The van der Waals surface area contributed by atoms with Crippen molar-refractivity contribution in [2.75, 3.05) is 0 Å². The predicted octanol–water partition coefficient (Wildman–Crippen LogP) is 6.09. The summed E-state index contributed by atoms with van der Waals surface area (Å²) in [4.78, 5) is 43.4. The molecule has 6 rings (SSSR count).